The normalized spacial score (nSPS) is 12.1. The third kappa shape index (κ3) is 4.23. The van der Waals surface area contributed by atoms with Crippen LogP contribution in [0.3, 0.4) is 0 Å². The number of nitrogens with zero attached hydrogens (tertiary/aromatic N) is 2. The molecule has 0 aliphatic rings. The van der Waals surface area contributed by atoms with Gasteiger partial charge >= 0.3 is 0 Å². The summed E-state index contributed by atoms with van der Waals surface area (Å²) < 4.78 is 0. The molecule has 0 aromatic heterocycles. The van der Waals surface area contributed by atoms with Crippen LogP contribution in [0.1, 0.15) is 38.4 Å². The second kappa shape index (κ2) is 7.90. The Bertz CT molecular complexity index is 432. The molecule has 112 valence electrons. The van der Waals surface area contributed by atoms with E-state index in [0.717, 1.165) is 24.2 Å². The molecule has 0 aliphatic carbocycles. The molecule has 0 heterocycles. The van der Waals surface area contributed by atoms with Gasteiger partial charge in [-0.05, 0) is 18.9 Å². The zero-order valence-electron chi connectivity index (χ0n) is 13.0. The first-order chi connectivity index (χ1) is 9.51. The molecule has 4 nitrogen and oxygen atoms in total. The van der Waals surface area contributed by atoms with Crippen molar-refractivity contribution < 1.29 is 9.90 Å². The lowest BCUT2D eigenvalue weighted by Gasteiger charge is -2.28. The highest BCUT2D eigenvalue weighted by Gasteiger charge is 2.18. The molecule has 0 bridgehead atoms. The SMILES string of the molecule is CCCN(CC(=O)N(C)C)c1ccccc1[C@@H](O)CC. The van der Waals surface area contributed by atoms with Crippen LogP contribution in [-0.2, 0) is 4.79 Å². The van der Waals surface area contributed by atoms with E-state index in [0.29, 0.717) is 13.0 Å². The number of likely N-dealkylation sites (N-methyl/N-ethyl adjacent to an activating group) is 1. The van der Waals surface area contributed by atoms with Gasteiger partial charge in [0.25, 0.3) is 0 Å². The van der Waals surface area contributed by atoms with Crippen LogP contribution in [0.2, 0.25) is 0 Å². The van der Waals surface area contributed by atoms with Crippen molar-refractivity contribution in [2.24, 2.45) is 0 Å². The minimum Gasteiger partial charge on any atom is -0.388 e. The number of anilines is 1. The summed E-state index contributed by atoms with van der Waals surface area (Å²) >= 11 is 0. The van der Waals surface area contributed by atoms with Crippen LogP contribution in [0.5, 0.6) is 0 Å². The predicted octanol–water partition coefficient (Wildman–Crippen LogP) is 2.43. The molecular weight excluding hydrogens is 252 g/mol. The van der Waals surface area contributed by atoms with E-state index in [1.165, 1.54) is 0 Å². The van der Waals surface area contributed by atoms with Crippen molar-refractivity contribution in [3.05, 3.63) is 29.8 Å². The Morgan fingerprint density at radius 2 is 1.90 bits per heavy atom. The third-order valence-electron chi connectivity index (χ3n) is 3.34. The number of carbonyl (C=O) groups excluding carboxylic acids is 1. The summed E-state index contributed by atoms with van der Waals surface area (Å²) in [5, 5.41) is 10.1. The summed E-state index contributed by atoms with van der Waals surface area (Å²) in [5.41, 5.74) is 1.86. The van der Waals surface area contributed by atoms with Gasteiger partial charge in [0.15, 0.2) is 0 Å². The van der Waals surface area contributed by atoms with Gasteiger partial charge in [0.05, 0.1) is 12.6 Å². The standard InChI is InChI=1S/C16H26N2O2/c1-5-11-18(12-16(20)17(3)4)14-10-8-7-9-13(14)15(19)6-2/h7-10,15,19H,5-6,11-12H2,1-4H3/t15-/m0/s1. The number of amides is 1. The Balaban J connectivity index is 3.05. The van der Waals surface area contributed by atoms with Crippen LogP contribution in [0, 0.1) is 0 Å². The van der Waals surface area contributed by atoms with Gasteiger partial charge in [-0.15, -0.1) is 0 Å². The molecule has 0 saturated heterocycles. The van der Waals surface area contributed by atoms with Crippen molar-refractivity contribution in [2.45, 2.75) is 32.8 Å². The molecule has 1 aromatic rings. The first-order valence-electron chi connectivity index (χ1n) is 7.23. The number of aliphatic hydroxyl groups excluding tert-OH is 1. The molecule has 0 unspecified atom stereocenters. The van der Waals surface area contributed by atoms with Crippen molar-refractivity contribution in [3.8, 4) is 0 Å². The van der Waals surface area contributed by atoms with Crippen molar-refractivity contribution in [1.29, 1.82) is 0 Å². The fourth-order valence-electron chi connectivity index (χ4n) is 2.14. The molecule has 1 N–H and O–H groups in total. The molecule has 4 heteroatoms. The Morgan fingerprint density at radius 3 is 2.45 bits per heavy atom. The summed E-state index contributed by atoms with van der Waals surface area (Å²) in [4.78, 5) is 15.6. The number of rotatable bonds is 7. The molecule has 1 rings (SSSR count). The molecule has 1 amide bonds. The van der Waals surface area contributed by atoms with Crippen LogP contribution >= 0.6 is 0 Å². The average Bonchev–Trinajstić information content (AvgIpc) is 2.45. The maximum atomic E-state index is 12.0. The molecule has 0 saturated carbocycles. The fraction of sp³-hybridized carbons (Fsp3) is 0.562. The van der Waals surface area contributed by atoms with Gasteiger partial charge in [-0.2, -0.15) is 0 Å². The number of hydrogen-bond donors (Lipinski definition) is 1. The molecule has 0 radical (unpaired) electrons. The summed E-state index contributed by atoms with van der Waals surface area (Å²) in [6.07, 6.45) is 1.13. The summed E-state index contributed by atoms with van der Waals surface area (Å²) in [6.45, 7) is 5.18. The van der Waals surface area contributed by atoms with Gasteiger partial charge in [0.2, 0.25) is 5.91 Å². The Hall–Kier alpha value is -1.55. The minimum atomic E-state index is -0.486. The summed E-state index contributed by atoms with van der Waals surface area (Å²) in [6, 6.07) is 7.79. The van der Waals surface area contributed by atoms with E-state index in [2.05, 4.69) is 11.8 Å². The quantitative estimate of drug-likeness (QED) is 0.833. The molecule has 0 spiro atoms. The Labute approximate surface area is 122 Å². The molecular formula is C16H26N2O2. The Morgan fingerprint density at radius 1 is 1.25 bits per heavy atom. The summed E-state index contributed by atoms with van der Waals surface area (Å²) in [7, 11) is 3.53. The van der Waals surface area contributed by atoms with Crippen LogP contribution in [0.25, 0.3) is 0 Å². The molecule has 20 heavy (non-hydrogen) atoms. The van der Waals surface area contributed by atoms with E-state index in [1.54, 1.807) is 19.0 Å². The van der Waals surface area contributed by atoms with Gasteiger partial charge in [-0.25, -0.2) is 0 Å². The van der Waals surface area contributed by atoms with Gasteiger partial charge in [0, 0.05) is 31.9 Å². The average molecular weight is 278 g/mol. The molecule has 0 fully saturated rings. The van der Waals surface area contributed by atoms with E-state index in [9.17, 15) is 9.90 Å². The van der Waals surface area contributed by atoms with Crippen molar-refractivity contribution in [3.63, 3.8) is 0 Å². The zero-order valence-corrected chi connectivity index (χ0v) is 13.0. The predicted molar refractivity (Wildman–Crippen MR) is 82.9 cm³/mol. The highest BCUT2D eigenvalue weighted by molar-refractivity contribution is 5.81. The Kier molecular flexibility index (Phi) is 6.52. The van der Waals surface area contributed by atoms with E-state index < -0.39 is 6.10 Å². The molecule has 0 aliphatic heterocycles. The monoisotopic (exact) mass is 278 g/mol. The highest BCUT2D eigenvalue weighted by atomic mass is 16.3. The van der Waals surface area contributed by atoms with Gasteiger partial charge in [-0.1, -0.05) is 32.0 Å². The molecule has 1 aromatic carbocycles. The second-order valence-electron chi connectivity index (χ2n) is 5.19. The van der Waals surface area contributed by atoms with Crippen LogP contribution in [0.4, 0.5) is 5.69 Å². The number of benzene rings is 1. The maximum absolute atomic E-state index is 12.0. The highest BCUT2D eigenvalue weighted by Crippen LogP contribution is 2.28. The van der Waals surface area contributed by atoms with Crippen molar-refractivity contribution in [2.75, 3.05) is 32.1 Å². The second-order valence-corrected chi connectivity index (χ2v) is 5.19. The van der Waals surface area contributed by atoms with E-state index in [4.69, 9.17) is 0 Å². The number of para-hydroxylation sites is 1. The fourth-order valence-corrected chi connectivity index (χ4v) is 2.14. The van der Waals surface area contributed by atoms with Crippen molar-refractivity contribution in [1.82, 2.24) is 4.90 Å². The molecule has 1 atom stereocenters. The first-order valence-corrected chi connectivity index (χ1v) is 7.23. The van der Waals surface area contributed by atoms with Gasteiger partial charge in [-0.3, -0.25) is 4.79 Å². The van der Waals surface area contributed by atoms with Gasteiger partial charge < -0.3 is 14.9 Å². The lowest BCUT2D eigenvalue weighted by molar-refractivity contribution is -0.127. The number of hydrogen-bond acceptors (Lipinski definition) is 3. The van der Waals surface area contributed by atoms with E-state index in [1.807, 2.05) is 31.2 Å². The summed E-state index contributed by atoms with van der Waals surface area (Å²) in [5.74, 6) is 0.0687. The third-order valence-corrected chi connectivity index (χ3v) is 3.34. The lowest BCUT2D eigenvalue weighted by atomic mass is 10.0. The number of carbonyl (C=O) groups is 1. The van der Waals surface area contributed by atoms with Crippen LogP contribution in [-0.4, -0.2) is 43.1 Å². The van der Waals surface area contributed by atoms with Crippen molar-refractivity contribution >= 4 is 11.6 Å². The largest absolute Gasteiger partial charge is 0.388 e. The van der Waals surface area contributed by atoms with E-state index >= 15 is 0 Å². The maximum Gasteiger partial charge on any atom is 0.241 e. The smallest absolute Gasteiger partial charge is 0.241 e. The minimum absolute atomic E-state index is 0.0687. The van der Waals surface area contributed by atoms with E-state index in [-0.39, 0.29) is 5.91 Å². The zero-order chi connectivity index (χ0) is 15.1. The van der Waals surface area contributed by atoms with Crippen LogP contribution in [0.15, 0.2) is 24.3 Å². The van der Waals surface area contributed by atoms with Gasteiger partial charge in [0.1, 0.15) is 0 Å². The topological polar surface area (TPSA) is 43.8 Å². The van der Waals surface area contributed by atoms with Crippen LogP contribution < -0.4 is 4.90 Å². The first kappa shape index (κ1) is 16.5. The lowest BCUT2D eigenvalue weighted by Crippen LogP contribution is -2.37. The number of aliphatic hydroxyl groups is 1.